The van der Waals surface area contributed by atoms with Crippen LogP contribution in [0.5, 0.6) is 0 Å². The molecule has 1 aromatic carbocycles. The molecule has 1 aliphatic carbocycles. The van der Waals surface area contributed by atoms with Crippen molar-refractivity contribution in [2.75, 3.05) is 20.1 Å². The van der Waals surface area contributed by atoms with Crippen LogP contribution in [-0.2, 0) is 11.3 Å². The van der Waals surface area contributed by atoms with Crippen LogP contribution in [0.15, 0.2) is 48.8 Å². The predicted octanol–water partition coefficient (Wildman–Crippen LogP) is 4.39. The molecule has 30 heavy (non-hydrogen) atoms. The quantitative estimate of drug-likeness (QED) is 0.635. The van der Waals surface area contributed by atoms with Crippen LogP contribution in [0.2, 0.25) is 0 Å². The lowest BCUT2D eigenvalue weighted by molar-refractivity contribution is -0.121. The van der Waals surface area contributed by atoms with Gasteiger partial charge < -0.3 is 14.8 Å². The summed E-state index contributed by atoms with van der Waals surface area (Å²) in [5, 5.41) is 4.25. The highest BCUT2D eigenvalue weighted by Gasteiger charge is 2.17. The van der Waals surface area contributed by atoms with Crippen molar-refractivity contribution < 1.29 is 4.79 Å². The highest BCUT2D eigenvalue weighted by molar-refractivity contribution is 5.87. The molecule has 2 heterocycles. The number of rotatable bonds is 7. The van der Waals surface area contributed by atoms with Crippen molar-refractivity contribution in [3.63, 3.8) is 0 Å². The first-order valence-corrected chi connectivity index (χ1v) is 11.1. The van der Waals surface area contributed by atoms with E-state index in [1.165, 1.54) is 32.1 Å². The van der Waals surface area contributed by atoms with Crippen LogP contribution in [-0.4, -0.2) is 46.5 Å². The van der Waals surface area contributed by atoms with E-state index in [1.807, 2.05) is 30.0 Å². The monoisotopic (exact) mass is 404 g/mol. The molecule has 2 aromatic heterocycles. The van der Waals surface area contributed by atoms with Crippen molar-refractivity contribution in [2.24, 2.45) is 0 Å². The maximum Gasteiger partial charge on any atom is 0.239 e. The van der Waals surface area contributed by atoms with Gasteiger partial charge in [0.05, 0.1) is 0 Å². The van der Waals surface area contributed by atoms with Crippen LogP contribution in [0.25, 0.3) is 22.0 Å². The Morgan fingerprint density at radius 3 is 2.73 bits per heavy atom. The summed E-state index contributed by atoms with van der Waals surface area (Å²) in [4.78, 5) is 19.2. The fourth-order valence-electron chi connectivity index (χ4n) is 4.51. The van der Waals surface area contributed by atoms with Crippen molar-refractivity contribution in [3.05, 3.63) is 54.5 Å². The van der Waals surface area contributed by atoms with Crippen LogP contribution >= 0.6 is 0 Å². The summed E-state index contributed by atoms with van der Waals surface area (Å²) in [7, 11) is 2.18. The molecule has 0 aliphatic heterocycles. The molecule has 0 bridgehead atoms. The molecule has 4 rings (SSSR count). The SMILES string of the molecule is Cc1cc(-c2ccc3ccn(CC(=O)NCCN(C)C4CCCCC4)c3c2)ccn1. The molecular formula is C25H32N4O. The Hall–Kier alpha value is -2.66. The lowest BCUT2D eigenvalue weighted by Crippen LogP contribution is -2.40. The van der Waals surface area contributed by atoms with E-state index in [1.54, 1.807) is 0 Å². The summed E-state index contributed by atoms with van der Waals surface area (Å²) in [6.07, 6.45) is 10.5. The van der Waals surface area contributed by atoms with Gasteiger partial charge in [0.25, 0.3) is 0 Å². The molecule has 3 aromatic rings. The lowest BCUT2D eigenvalue weighted by Gasteiger charge is -2.31. The standard InChI is InChI=1S/C25H32N4O/c1-19-16-22(10-12-26-19)21-9-8-20-11-14-29(24(20)17-21)18-25(30)27-13-15-28(2)23-6-4-3-5-7-23/h8-12,14,16-17,23H,3-7,13,15,18H2,1-2H3,(H,27,30). The number of hydrogen-bond donors (Lipinski definition) is 1. The Kier molecular flexibility index (Phi) is 6.48. The van der Waals surface area contributed by atoms with Crippen molar-refractivity contribution in [1.82, 2.24) is 19.8 Å². The summed E-state index contributed by atoms with van der Waals surface area (Å²) in [5.74, 6) is 0.0645. The largest absolute Gasteiger partial charge is 0.353 e. The van der Waals surface area contributed by atoms with E-state index >= 15 is 0 Å². The normalized spacial score (nSPS) is 15.0. The van der Waals surface area contributed by atoms with Gasteiger partial charge in [-0.2, -0.15) is 0 Å². The molecule has 0 atom stereocenters. The fraction of sp³-hybridized carbons (Fsp3) is 0.440. The maximum absolute atomic E-state index is 12.6. The molecule has 1 saturated carbocycles. The van der Waals surface area contributed by atoms with E-state index in [-0.39, 0.29) is 5.91 Å². The third-order valence-electron chi connectivity index (χ3n) is 6.30. The van der Waals surface area contributed by atoms with Gasteiger partial charge in [0, 0.05) is 42.7 Å². The molecule has 0 spiro atoms. The highest BCUT2D eigenvalue weighted by atomic mass is 16.1. The summed E-state index contributed by atoms with van der Waals surface area (Å²) < 4.78 is 2.03. The van der Waals surface area contributed by atoms with Gasteiger partial charge in [0.2, 0.25) is 5.91 Å². The van der Waals surface area contributed by atoms with Crippen LogP contribution in [0.3, 0.4) is 0 Å². The van der Waals surface area contributed by atoms with E-state index in [9.17, 15) is 4.79 Å². The molecule has 5 heteroatoms. The number of hydrogen-bond acceptors (Lipinski definition) is 3. The number of aryl methyl sites for hydroxylation is 1. The minimum absolute atomic E-state index is 0.0645. The van der Waals surface area contributed by atoms with E-state index < -0.39 is 0 Å². The fourth-order valence-corrected chi connectivity index (χ4v) is 4.51. The molecule has 5 nitrogen and oxygen atoms in total. The van der Waals surface area contributed by atoms with E-state index in [2.05, 4.69) is 52.6 Å². The smallest absolute Gasteiger partial charge is 0.239 e. The van der Waals surface area contributed by atoms with E-state index in [0.717, 1.165) is 34.3 Å². The van der Waals surface area contributed by atoms with Crippen molar-refractivity contribution in [1.29, 1.82) is 0 Å². The van der Waals surface area contributed by atoms with Crippen molar-refractivity contribution >= 4 is 16.8 Å². The second-order valence-corrected chi connectivity index (χ2v) is 8.53. The van der Waals surface area contributed by atoms with Gasteiger partial charge in [-0.3, -0.25) is 9.78 Å². The molecule has 0 saturated heterocycles. The number of carbonyl (C=O) groups excluding carboxylic acids is 1. The van der Waals surface area contributed by atoms with Gasteiger partial charge in [-0.15, -0.1) is 0 Å². The molecule has 1 amide bonds. The van der Waals surface area contributed by atoms with Crippen molar-refractivity contribution in [3.8, 4) is 11.1 Å². The third kappa shape index (κ3) is 4.90. The second kappa shape index (κ2) is 9.43. The van der Waals surface area contributed by atoms with Crippen LogP contribution in [0.1, 0.15) is 37.8 Å². The van der Waals surface area contributed by atoms with E-state index in [4.69, 9.17) is 0 Å². The Morgan fingerprint density at radius 2 is 1.93 bits per heavy atom. The van der Waals surface area contributed by atoms with Gasteiger partial charge in [-0.05, 0) is 67.6 Å². The molecule has 1 N–H and O–H groups in total. The van der Waals surface area contributed by atoms with Gasteiger partial charge in [-0.25, -0.2) is 0 Å². The molecule has 158 valence electrons. The summed E-state index contributed by atoms with van der Waals surface area (Å²) in [6.45, 7) is 3.96. The molecule has 1 fully saturated rings. The summed E-state index contributed by atoms with van der Waals surface area (Å²) >= 11 is 0. The first kappa shape index (κ1) is 20.6. The minimum Gasteiger partial charge on any atom is -0.353 e. The number of nitrogens with zero attached hydrogens (tertiary/aromatic N) is 3. The van der Waals surface area contributed by atoms with Crippen LogP contribution < -0.4 is 5.32 Å². The molecule has 1 aliphatic rings. The Balaban J connectivity index is 1.37. The molecule has 0 unspecified atom stereocenters. The zero-order valence-electron chi connectivity index (χ0n) is 18.1. The zero-order valence-corrected chi connectivity index (χ0v) is 18.1. The summed E-state index contributed by atoms with van der Waals surface area (Å²) in [6, 6.07) is 13.3. The number of fused-ring (bicyclic) bond motifs is 1. The minimum atomic E-state index is 0.0645. The number of likely N-dealkylation sites (N-methyl/N-ethyl adjacent to an activating group) is 1. The Morgan fingerprint density at radius 1 is 1.13 bits per heavy atom. The number of pyridine rings is 1. The Labute approximate surface area is 179 Å². The highest BCUT2D eigenvalue weighted by Crippen LogP contribution is 2.25. The predicted molar refractivity (Wildman–Crippen MR) is 122 cm³/mol. The number of amides is 1. The number of carbonyl (C=O) groups is 1. The topological polar surface area (TPSA) is 50.2 Å². The second-order valence-electron chi connectivity index (χ2n) is 8.53. The molecule has 0 radical (unpaired) electrons. The van der Waals surface area contributed by atoms with Gasteiger partial charge in [-0.1, -0.05) is 31.4 Å². The lowest BCUT2D eigenvalue weighted by atomic mass is 9.94. The number of benzene rings is 1. The first-order chi connectivity index (χ1) is 14.6. The zero-order chi connectivity index (χ0) is 20.9. The third-order valence-corrected chi connectivity index (χ3v) is 6.30. The average Bonchev–Trinajstić information content (AvgIpc) is 3.16. The number of aromatic nitrogens is 2. The number of nitrogens with one attached hydrogen (secondary N) is 1. The van der Waals surface area contributed by atoms with Crippen molar-refractivity contribution in [2.45, 2.75) is 51.6 Å². The Bertz CT molecular complexity index is 1000. The van der Waals surface area contributed by atoms with Gasteiger partial charge >= 0.3 is 0 Å². The van der Waals surface area contributed by atoms with Crippen LogP contribution in [0.4, 0.5) is 0 Å². The maximum atomic E-state index is 12.6. The molecular weight excluding hydrogens is 372 g/mol. The summed E-state index contributed by atoms with van der Waals surface area (Å²) in [5.41, 5.74) is 4.37. The van der Waals surface area contributed by atoms with Gasteiger partial charge in [0.15, 0.2) is 0 Å². The first-order valence-electron chi connectivity index (χ1n) is 11.1. The van der Waals surface area contributed by atoms with Gasteiger partial charge in [0.1, 0.15) is 6.54 Å². The average molecular weight is 405 g/mol. The van der Waals surface area contributed by atoms with Crippen LogP contribution in [0, 0.1) is 6.92 Å². The van der Waals surface area contributed by atoms with E-state index in [0.29, 0.717) is 19.1 Å².